The van der Waals surface area contributed by atoms with Crippen LogP contribution in [0.2, 0.25) is 5.02 Å². The molecule has 0 aliphatic heterocycles. The van der Waals surface area contributed by atoms with Crippen LogP contribution in [0.3, 0.4) is 0 Å². The zero-order valence-corrected chi connectivity index (χ0v) is 11.4. The standard InChI is InChI=1S/C13H18ClN3O/c1-4-7-15-9-13(18)16-10-5-6-12(17(2)3)11(14)8-10/h4-6,8,15H,1,7,9H2,2-3H3,(H,16,18). The lowest BCUT2D eigenvalue weighted by atomic mass is 10.2. The molecule has 1 aromatic carbocycles. The van der Waals surface area contributed by atoms with Gasteiger partial charge in [-0.15, -0.1) is 6.58 Å². The van der Waals surface area contributed by atoms with Crippen molar-refractivity contribution in [2.24, 2.45) is 0 Å². The Morgan fingerprint density at radius 1 is 1.50 bits per heavy atom. The summed E-state index contributed by atoms with van der Waals surface area (Å²) < 4.78 is 0. The summed E-state index contributed by atoms with van der Waals surface area (Å²) in [6, 6.07) is 5.43. The van der Waals surface area contributed by atoms with Crippen LogP contribution in [0.1, 0.15) is 0 Å². The molecule has 0 heterocycles. The Balaban J connectivity index is 2.60. The van der Waals surface area contributed by atoms with Crippen molar-refractivity contribution in [2.75, 3.05) is 37.4 Å². The minimum atomic E-state index is -0.106. The number of benzene rings is 1. The van der Waals surface area contributed by atoms with Crippen molar-refractivity contribution in [1.29, 1.82) is 0 Å². The number of amides is 1. The monoisotopic (exact) mass is 267 g/mol. The van der Waals surface area contributed by atoms with Gasteiger partial charge in [0.1, 0.15) is 0 Å². The second kappa shape index (κ2) is 7.03. The number of hydrogen-bond donors (Lipinski definition) is 2. The van der Waals surface area contributed by atoms with E-state index in [9.17, 15) is 4.79 Å². The third-order valence-electron chi connectivity index (χ3n) is 2.29. The summed E-state index contributed by atoms with van der Waals surface area (Å²) in [7, 11) is 3.83. The lowest BCUT2D eigenvalue weighted by Gasteiger charge is -2.15. The van der Waals surface area contributed by atoms with Crippen LogP contribution in [-0.2, 0) is 4.79 Å². The smallest absolute Gasteiger partial charge is 0.238 e. The van der Waals surface area contributed by atoms with E-state index in [2.05, 4.69) is 17.2 Å². The zero-order chi connectivity index (χ0) is 13.5. The van der Waals surface area contributed by atoms with E-state index < -0.39 is 0 Å². The van der Waals surface area contributed by atoms with E-state index >= 15 is 0 Å². The lowest BCUT2D eigenvalue weighted by Crippen LogP contribution is -2.28. The largest absolute Gasteiger partial charge is 0.376 e. The highest BCUT2D eigenvalue weighted by Crippen LogP contribution is 2.27. The molecule has 1 aromatic rings. The van der Waals surface area contributed by atoms with E-state index in [1.165, 1.54) is 0 Å². The molecule has 0 fully saturated rings. The Morgan fingerprint density at radius 3 is 2.78 bits per heavy atom. The summed E-state index contributed by atoms with van der Waals surface area (Å²) in [4.78, 5) is 13.5. The molecule has 0 atom stereocenters. The van der Waals surface area contributed by atoms with Crippen LogP contribution in [0.4, 0.5) is 11.4 Å². The summed E-state index contributed by atoms with van der Waals surface area (Å²) in [5, 5.41) is 6.31. The summed E-state index contributed by atoms with van der Waals surface area (Å²) in [6.45, 7) is 4.42. The van der Waals surface area contributed by atoms with Gasteiger partial charge in [-0.25, -0.2) is 0 Å². The molecule has 0 saturated heterocycles. The fourth-order valence-electron chi connectivity index (χ4n) is 1.44. The van der Waals surface area contributed by atoms with Crippen LogP contribution in [0, 0.1) is 0 Å². The van der Waals surface area contributed by atoms with E-state index in [1.807, 2.05) is 31.1 Å². The van der Waals surface area contributed by atoms with Gasteiger partial charge in [-0.05, 0) is 18.2 Å². The number of halogens is 1. The highest BCUT2D eigenvalue weighted by Gasteiger charge is 2.06. The normalized spacial score (nSPS) is 9.94. The number of nitrogens with zero attached hydrogens (tertiary/aromatic N) is 1. The first-order valence-electron chi connectivity index (χ1n) is 5.63. The van der Waals surface area contributed by atoms with Gasteiger partial charge in [-0.3, -0.25) is 4.79 Å². The second-order valence-corrected chi connectivity index (χ2v) is 4.44. The number of nitrogens with one attached hydrogen (secondary N) is 2. The van der Waals surface area contributed by atoms with Gasteiger partial charge in [0.2, 0.25) is 5.91 Å². The van der Waals surface area contributed by atoms with Gasteiger partial charge in [-0.1, -0.05) is 17.7 Å². The van der Waals surface area contributed by atoms with E-state index in [0.717, 1.165) is 5.69 Å². The molecule has 0 aromatic heterocycles. The van der Waals surface area contributed by atoms with Gasteiger partial charge in [0.25, 0.3) is 0 Å². The third-order valence-corrected chi connectivity index (χ3v) is 2.59. The Kier molecular flexibility index (Phi) is 5.68. The van der Waals surface area contributed by atoms with E-state index in [1.54, 1.807) is 12.1 Å². The van der Waals surface area contributed by atoms with Crippen molar-refractivity contribution in [3.63, 3.8) is 0 Å². The molecule has 18 heavy (non-hydrogen) atoms. The molecule has 0 aliphatic carbocycles. The predicted octanol–water partition coefficient (Wildman–Crippen LogP) is 2.12. The number of carbonyl (C=O) groups excluding carboxylic acids is 1. The topological polar surface area (TPSA) is 44.4 Å². The molecule has 5 heteroatoms. The highest BCUT2D eigenvalue weighted by molar-refractivity contribution is 6.33. The van der Waals surface area contributed by atoms with Crippen LogP contribution in [0.25, 0.3) is 0 Å². The quantitative estimate of drug-likeness (QED) is 0.613. The molecule has 0 saturated carbocycles. The van der Waals surface area contributed by atoms with Crippen molar-refractivity contribution in [1.82, 2.24) is 5.32 Å². The van der Waals surface area contributed by atoms with Gasteiger partial charge >= 0.3 is 0 Å². The summed E-state index contributed by atoms with van der Waals surface area (Å²) in [5.41, 5.74) is 1.61. The van der Waals surface area contributed by atoms with E-state index in [-0.39, 0.29) is 12.5 Å². The minimum Gasteiger partial charge on any atom is -0.376 e. The number of hydrogen-bond acceptors (Lipinski definition) is 3. The summed E-state index contributed by atoms with van der Waals surface area (Å²) in [6.07, 6.45) is 1.70. The fraction of sp³-hybridized carbons (Fsp3) is 0.308. The first kappa shape index (κ1) is 14.5. The van der Waals surface area contributed by atoms with Crippen LogP contribution in [0.5, 0.6) is 0 Å². The molecule has 2 N–H and O–H groups in total. The molecule has 0 bridgehead atoms. The van der Waals surface area contributed by atoms with Gasteiger partial charge in [-0.2, -0.15) is 0 Å². The predicted molar refractivity (Wildman–Crippen MR) is 77.5 cm³/mol. The molecule has 1 amide bonds. The highest BCUT2D eigenvalue weighted by atomic mass is 35.5. The molecule has 0 spiro atoms. The minimum absolute atomic E-state index is 0.106. The summed E-state index contributed by atoms with van der Waals surface area (Å²) in [5.74, 6) is -0.106. The zero-order valence-electron chi connectivity index (χ0n) is 10.7. The van der Waals surface area contributed by atoms with Crippen LogP contribution in [-0.4, -0.2) is 33.1 Å². The van der Waals surface area contributed by atoms with Crippen molar-refractivity contribution < 1.29 is 4.79 Å². The Bertz CT molecular complexity index is 432. The van der Waals surface area contributed by atoms with Gasteiger partial charge in [0, 0.05) is 26.3 Å². The maximum atomic E-state index is 11.6. The van der Waals surface area contributed by atoms with Crippen LogP contribution < -0.4 is 15.5 Å². The average Bonchev–Trinajstić information content (AvgIpc) is 2.28. The number of rotatable bonds is 6. The van der Waals surface area contributed by atoms with Crippen molar-refractivity contribution in [3.05, 3.63) is 35.9 Å². The van der Waals surface area contributed by atoms with Crippen LogP contribution in [0.15, 0.2) is 30.9 Å². The number of anilines is 2. The molecule has 0 aliphatic rings. The summed E-state index contributed by atoms with van der Waals surface area (Å²) >= 11 is 6.11. The molecule has 4 nitrogen and oxygen atoms in total. The molecular formula is C13H18ClN3O. The van der Waals surface area contributed by atoms with Crippen molar-refractivity contribution in [3.8, 4) is 0 Å². The first-order chi connectivity index (χ1) is 8.54. The van der Waals surface area contributed by atoms with E-state index in [0.29, 0.717) is 17.3 Å². The Morgan fingerprint density at radius 2 is 2.22 bits per heavy atom. The maximum absolute atomic E-state index is 11.6. The molecular weight excluding hydrogens is 250 g/mol. The fourth-order valence-corrected chi connectivity index (χ4v) is 1.79. The molecule has 1 rings (SSSR count). The maximum Gasteiger partial charge on any atom is 0.238 e. The van der Waals surface area contributed by atoms with E-state index in [4.69, 9.17) is 11.6 Å². The Hall–Kier alpha value is -1.52. The van der Waals surface area contributed by atoms with Gasteiger partial charge in [0.15, 0.2) is 0 Å². The van der Waals surface area contributed by atoms with Gasteiger partial charge in [0.05, 0.1) is 17.3 Å². The van der Waals surface area contributed by atoms with Gasteiger partial charge < -0.3 is 15.5 Å². The SMILES string of the molecule is C=CCNCC(=O)Nc1ccc(N(C)C)c(Cl)c1. The lowest BCUT2D eigenvalue weighted by molar-refractivity contribution is -0.115. The third kappa shape index (κ3) is 4.39. The first-order valence-corrected chi connectivity index (χ1v) is 6.00. The Labute approximate surface area is 113 Å². The molecule has 0 unspecified atom stereocenters. The average molecular weight is 268 g/mol. The molecule has 0 radical (unpaired) electrons. The van der Waals surface area contributed by atoms with Crippen molar-refractivity contribution in [2.45, 2.75) is 0 Å². The molecule has 98 valence electrons. The number of carbonyl (C=O) groups is 1. The second-order valence-electron chi connectivity index (χ2n) is 4.03. The van der Waals surface area contributed by atoms with Crippen LogP contribution >= 0.6 is 11.6 Å². The van der Waals surface area contributed by atoms with Crippen molar-refractivity contribution >= 4 is 28.9 Å².